The molecule has 0 fully saturated rings. The molecule has 7 heteroatoms. The van der Waals surface area contributed by atoms with E-state index in [0.717, 1.165) is 41.7 Å². The van der Waals surface area contributed by atoms with Gasteiger partial charge in [0.1, 0.15) is 12.4 Å². The molecule has 1 aliphatic heterocycles. The van der Waals surface area contributed by atoms with E-state index >= 15 is 0 Å². The number of thioether (sulfide) groups is 1. The summed E-state index contributed by atoms with van der Waals surface area (Å²) in [6, 6.07) is 7.75. The summed E-state index contributed by atoms with van der Waals surface area (Å²) in [7, 11) is 5.63. The Morgan fingerprint density at radius 3 is 2.73 bits per heavy atom. The second-order valence-corrected chi connectivity index (χ2v) is 7.58. The van der Waals surface area contributed by atoms with Crippen LogP contribution in [0, 0.1) is 0 Å². The average molecular weight is 375 g/mol. The van der Waals surface area contributed by atoms with Gasteiger partial charge in [-0.2, -0.15) is 4.98 Å². The van der Waals surface area contributed by atoms with Crippen LogP contribution in [0.5, 0.6) is 11.6 Å². The molecule has 0 aliphatic carbocycles. The first kappa shape index (κ1) is 18.8. The van der Waals surface area contributed by atoms with Crippen LogP contribution in [0.4, 0.5) is 0 Å². The van der Waals surface area contributed by atoms with E-state index in [1.807, 2.05) is 43.3 Å². The van der Waals surface area contributed by atoms with Crippen LogP contribution in [0.15, 0.2) is 34.2 Å². The summed E-state index contributed by atoms with van der Waals surface area (Å²) >= 11 is 1.62. The lowest BCUT2D eigenvalue weighted by atomic mass is 10.1. The van der Waals surface area contributed by atoms with Gasteiger partial charge in [-0.1, -0.05) is 23.9 Å². The highest BCUT2D eigenvalue weighted by Crippen LogP contribution is 2.26. The number of fused-ring (bicyclic) bond motifs is 1. The van der Waals surface area contributed by atoms with Crippen molar-refractivity contribution in [3.05, 3.63) is 45.7 Å². The molecule has 1 aromatic heterocycles. The van der Waals surface area contributed by atoms with Crippen LogP contribution in [-0.2, 0) is 13.0 Å². The van der Waals surface area contributed by atoms with E-state index < -0.39 is 0 Å². The van der Waals surface area contributed by atoms with Crippen LogP contribution in [0.2, 0.25) is 0 Å². The Balaban J connectivity index is 1.92. The van der Waals surface area contributed by atoms with Crippen molar-refractivity contribution in [2.45, 2.75) is 24.5 Å². The van der Waals surface area contributed by atoms with Crippen molar-refractivity contribution < 1.29 is 9.47 Å². The maximum Gasteiger partial charge on any atom is 0.261 e. The minimum absolute atomic E-state index is 0.0119. The van der Waals surface area contributed by atoms with Gasteiger partial charge >= 0.3 is 0 Å². The molecule has 0 spiro atoms. The second kappa shape index (κ2) is 8.60. The van der Waals surface area contributed by atoms with E-state index in [1.54, 1.807) is 23.4 Å². The smallest absolute Gasteiger partial charge is 0.261 e. The lowest BCUT2D eigenvalue weighted by molar-refractivity contribution is 0.248. The molecule has 1 aromatic carbocycles. The Hall–Kier alpha value is -1.99. The number of nitrogens with zero attached hydrogens (tertiary/aromatic N) is 3. The Morgan fingerprint density at radius 2 is 2.04 bits per heavy atom. The standard InChI is InChI=1S/C19H25N3O3S/c1-21(2)10-11-25-17-16(13-14-5-7-15(24-3)8-6-14)18(23)22-9-4-12-26-19(22)20-17/h5-8H,4,9-13H2,1-3H3. The van der Waals surface area contributed by atoms with Gasteiger partial charge in [0, 0.05) is 25.3 Å². The number of rotatable bonds is 7. The molecule has 26 heavy (non-hydrogen) atoms. The summed E-state index contributed by atoms with van der Waals surface area (Å²) in [6.45, 7) is 2.00. The van der Waals surface area contributed by atoms with E-state index in [2.05, 4.69) is 4.98 Å². The zero-order chi connectivity index (χ0) is 18.5. The number of likely N-dealkylation sites (N-methyl/N-ethyl adjacent to an activating group) is 1. The van der Waals surface area contributed by atoms with Gasteiger partial charge in [-0.05, 0) is 38.2 Å². The first-order valence-electron chi connectivity index (χ1n) is 8.75. The van der Waals surface area contributed by atoms with Crippen molar-refractivity contribution in [2.75, 3.05) is 40.1 Å². The molecule has 0 amide bonds. The molecule has 0 bridgehead atoms. The third kappa shape index (κ3) is 4.40. The topological polar surface area (TPSA) is 56.6 Å². The molecule has 0 N–H and O–H groups in total. The quantitative estimate of drug-likeness (QED) is 0.692. The zero-order valence-electron chi connectivity index (χ0n) is 15.5. The Morgan fingerprint density at radius 1 is 1.27 bits per heavy atom. The molecule has 0 atom stereocenters. The van der Waals surface area contributed by atoms with Crippen molar-refractivity contribution in [2.24, 2.45) is 0 Å². The highest BCUT2D eigenvalue weighted by molar-refractivity contribution is 7.99. The molecule has 0 unspecified atom stereocenters. The summed E-state index contributed by atoms with van der Waals surface area (Å²) in [5, 5.41) is 0.764. The van der Waals surface area contributed by atoms with Gasteiger partial charge in [0.2, 0.25) is 5.88 Å². The van der Waals surface area contributed by atoms with Crippen LogP contribution in [0.3, 0.4) is 0 Å². The third-order valence-electron chi connectivity index (χ3n) is 4.26. The highest BCUT2D eigenvalue weighted by Gasteiger charge is 2.21. The van der Waals surface area contributed by atoms with Gasteiger partial charge in [0.25, 0.3) is 5.56 Å². The van der Waals surface area contributed by atoms with E-state index in [-0.39, 0.29) is 5.56 Å². The Bertz CT molecular complexity index is 803. The minimum Gasteiger partial charge on any atom is -0.497 e. The SMILES string of the molecule is COc1ccc(Cc2c(OCCN(C)C)nc3n(c2=O)CCCS3)cc1. The number of benzene rings is 1. The van der Waals surface area contributed by atoms with E-state index in [4.69, 9.17) is 9.47 Å². The molecule has 140 valence electrons. The molecule has 0 radical (unpaired) electrons. The van der Waals surface area contributed by atoms with Crippen LogP contribution >= 0.6 is 11.8 Å². The van der Waals surface area contributed by atoms with Crippen LogP contribution in [-0.4, -0.2) is 54.6 Å². The molecular formula is C19H25N3O3S. The molecule has 2 heterocycles. The Labute approximate surface area is 158 Å². The highest BCUT2D eigenvalue weighted by atomic mass is 32.2. The maximum atomic E-state index is 13.1. The van der Waals surface area contributed by atoms with Gasteiger partial charge in [0.15, 0.2) is 5.16 Å². The fourth-order valence-electron chi connectivity index (χ4n) is 2.79. The summed E-state index contributed by atoms with van der Waals surface area (Å²) < 4.78 is 12.9. The fraction of sp³-hybridized carbons (Fsp3) is 0.474. The van der Waals surface area contributed by atoms with E-state index in [9.17, 15) is 4.79 Å². The van der Waals surface area contributed by atoms with Crippen molar-refractivity contribution >= 4 is 11.8 Å². The molecular weight excluding hydrogens is 350 g/mol. The second-order valence-electron chi connectivity index (χ2n) is 6.51. The van der Waals surface area contributed by atoms with Gasteiger partial charge in [-0.15, -0.1) is 0 Å². The number of aromatic nitrogens is 2. The number of ether oxygens (including phenoxy) is 2. The number of hydrogen-bond acceptors (Lipinski definition) is 6. The molecule has 6 nitrogen and oxygen atoms in total. The predicted molar refractivity (Wildman–Crippen MR) is 104 cm³/mol. The minimum atomic E-state index is 0.0119. The molecule has 3 rings (SSSR count). The fourth-order valence-corrected chi connectivity index (χ4v) is 3.73. The summed E-state index contributed by atoms with van der Waals surface area (Å²) in [4.78, 5) is 19.8. The first-order chi connectivity index (χ1) is 12.6. The monoisotopic (exact) mass is 375 g/mol. The zero-order valence-corrected chi connectivity index (χ0v) is 16.3. The lowest BCUT2D eigenvalue weighted by Gasteiger charge is -2.20. The number of methoxy groups -OCH3 is 1. The molecule has 1 aliphatic rings. The Kier molecular flexibility index (Phi) is 6.21. The van der Waals surface area contributed by atoms with Crippen molar-refractivity contribution in [3.8, 4) is 11.6 Å². The molecule has 0 saturated heterocycles. The van der Waals surface area contributed by atoms with Gasteiger partial charge in [0.05, 0.1) is 12.7 Å². The average Bonchev–Trinajstić information content (AvgIpc) is 2.65. The van der Waals surface area contributed by atoms with Gasteiger partial charge in [-0.25, -0.2) is 0 Å². The van der Waals surface area contributed by atoms with Crippen LogP contribution in [0.1, 0.15) is 17.5 Å². The summed E-state index contributed by atoms with van der Waals surface area (Å²) in [5.74, 6) is 2.25. The third-order valence-corrected chi connectivity index (χ3v) is 5.33. The van der Waals surface area contributed by atoms with E-state index in [0.29, 0.717) is 24.5 Å². The van der Waals surface area contributed by atoms with Crippen molar-refractivity contribution in [3.63, 3.8) is 0 Å². The number of hydrogen-bond donors (Lipinski definition) is 0. The maximum absolute atomic E-state index is 13.1. The van der Waals surface area contributed by atoms with Crippen molar-refractivity contribution in [1.82, 2.24) is 14.5 Å². The first-order valence-corrected chi connectivity index (χ1v) is 9.74. The predicted octanol–water partition coefficient (Wildman–Crippen LogP) is 2.28. The van der Waals surface area contributed by atoms with Crippen molar-refractivity contribution in [1.29, 1.82) is 0 Å². The largest absolute Gasteiger partial charge is 0.497 e. The van der Waals surface area contributed by atoms with E-state index in [1.165, 1.54) is 0 Å². The normalized spacial score (nSPS) is 13.5. The molecule has 2 aromatic rings. The summed E-state index contributed by atoms with van der Waals surface area (Å²) in [5.41, 5.74) is 1.67. The van der Waals surface area contributed by atoms with Crippen LogP contribution in [0.25, 0.3) is 0 Å². The van der Waals surface area contributed by atoms with Crippen LogP contribution < -0.4 is 15.0 Å². The molecule has 0 saturated carbocycles. The summed E-state index contributed by atoms with van der Waals surface area (Å²) in [6.07, 6.45) is 1.49. The van der Waals surface area contributed by atoms with Gasteiger partial charge < -0.3 is 14.4 Å². The van der Waals surface area contributed by atoms with Gasteiger partial charge in [-0.3, -0.25) is 9.36 Å². The lowest BCUT2D eigenvalue weighted by Crippen LogP contribution is -2.30.